The molecule has 1 fully saturated rings. The molecule has 5 heteroatoms. The Bertz CT molecular complexity index is 326. The van der Waals surface area contributed by atoms with E-state index in [0.717, 1.165) is 12.8 Å². The fourth-order valence-corrected chi connectivity index (χ4v) is 3.66. The molecule has 3 N–H and O–H groups in total. The second kappa shape index (κ2) is 16.7. The third kappa shape index (κ3) is 12.1. The van der Waals surface area contributed by atoms with Gasteiger partial charge in [0.2, 0.25) is 0 Å². The molecule has 1 aliphatic rings. The second-order valence-electron chi connectivity index (χ2n) is 8.09. The van der Waals surface area contributed by atoms with Gasteiger partial charge < -0.3 is 24.8 Å². The predicted octanol–water partition coefficient (Wildman–Crippen LogP) is 3.97. The quantitative estimate of drug-likeness (QED) is 0.310. The van der Waals surface area contributed by atoms with Crippen LogP contribution in [0.25, 0.3) is 0 Å². The highest BCUT2D eigenvalue weighted by Crippen LogP contribution is 2.18. The van der Waals surface area contributed by atoms with E-state index >= 15 is 0 Å². The molecule has 1 saturated heterocycles. The van der Waals surface area contributed by atoms with Gasteiger partial charge in [-0.25, -0.2) is 0 Å². The third-order valence-electron chi connectivity index (χ3n) is 5.50. The van der Waals surface area contributed by atoms with Crippen molar-refractivity contribution in [2.75, 3.05) is 19.8 Å². The molecule has 0 aromatic heterocycles. The Morgan fingerprint density at radius 2 is 1.30 bits per heavy atom. The van der Waals surface area contributed by atoms with E-state index in [-0.39, 0.29) is 13.2 Å². The Hall–Kier alpha value is -0.200. The van der Waals surface area contributed by atoms with Crippen LogP contribution in [0, 0.1) is 0 Å². The maximum absolute atomic E-state index is 9.93. The number of hydrogen-bond acceptors (Lipinski definition) is 5. The normalized spacial score (nSPS) is 23.8. The molecule has 0 aromatic rings. The average molecular weight is 389 g/mol. The summed E-state index contributed by atoms with van der Waals surface area (Å²) in [6.07, 6.45) is 15.1. The van der Waals surface area contributed by atoms with Crippen LogP contribution >= 0.6 is 0 Å². The monoisotopic (exact) mass is 388 g/mol. The van der Waals surface area contributed by atoms with Crippen molar-refractivity contribution in [3.63, 3.8) is 0 Å². The fraction of sp³-hybridized carbons (Fsp3) is 1.00. The minimum absolute atomic E-state index is 0.0713. The number of aliphatic hydroxyl groups is 3. The van der Waals surface area contributed by atoms with Crippen molar-refractivity contribution in [2.45, 2.75) is 121 Å². The molecule has 0 bridgehead atoms. The Morgan fingerprint density at radius 3 is 1.74 bits per heavy atom. The van der Waals surface area contributed by atoms with Crippen molar-refractivity contribution < 1.29 is 24.8 Å². The smallest absolute Gasteiger partial charge is 0.114 e. The Labute approximate surface area is 166 Å². The molecule has 0 unspecified atom stereocenters. The maximum Gasteiger partial charge on any atom is 0.114 e. The van der Waals surface area contributed by atoms with E-state index in [1.807, 2.05) is 0 Å². The minimum Gasteiger partial charge on any atom is -0.388 e. The van der Waals surface area contributed by atoms with Gasteiger partial charge in [0.25, 0.3) is 0 Å². The summed E-state index contributed by atoms with van der Waals surface area (Å²) in [4.78, 5) is 0. The Balaban J connectivity index is 1.77. The molecule has 0 amide bonds. The summed E-state index contributed by atoms with van der Waals surface area (Å²) >= 11 is 0. The summed E-state index contributed by atoms with van der Waals surface area (Å²) < 4.78 is 10.7. The van der Waals surface area contributed by atoms with E-state index in [0.29, 0.717) is 6.61 Å². The molecular formula is C22H44O5. The lowest BCUT2D eigenvalue weighted by atomic mass is 10.0. The highest BCUT2D eigenvalue weighted by atomic mass is 16.5. The lowest BCUT2D eigenvalue weighted by molar-refractivity contribution is -0.0813. The lowest BCUT2D eigenvalue weighted by Gasteiger charge is -2.20. The lowest BCUT2D eigenvalue weighted by Crippen LogP contribution is -2.40. The zero-order valence-electron chi connectivity index (χ0n) is 17.5. The largest absolute Gasteiger partial charge is 0.388 e. The summed E-state index contributed by atoms with van der Waals surface area (Å²) in [6.45, 7) is 3.11. The molecule has 0 radical (unpaired) electrons. The molecule has 4 atom stereocenters. The van der Waals surface area contributed by atoms with Gasteiger partial charge in [-0.15, -0.1) is 0 Å². The SMILES string of the molecule is CCCCCCCCCCCCCCCCOC[C@H](O)[C@H]1OC[C@@H](O)[C@H]1O. The van der Waals surface area contributed by atoms with Gasteiger partial charge in [-0.3, -0.25) is 0 Å². The van der Waals surface area contributed by atoms with E-state index in [2.05, 4.69) is 6.92 Å². The number of hydrogen-bond donors (Lipinski definition) is 3. The van der Waals surface area contributed by atoms with Gasteiger partial charge in [0.15, 0.2) is 0 Å². The first-order valence-corrected chi connectivity index (χ1v) is 11.4. The first kappa shape index (κ1) is 24.8. The highest BCUT2D eigenvalue weighted by Gasteiger charge is 2.39. The van der Waals surface area contributed by atoms with Crippen molar-refractivity contribution in [3.05, 3.63) is 0 Å². The maximum atomic E-state index is 9.93. The Morgan fingerprint density at radius 1 is 0.815 bits per heavy atom. The summed E-state index contributed by atoms with van der Waals surface area (Å²) in [5.74, 6) is 0. The molecule has 0 spiro atoms. The zero-order valence-corrected chi connectivity index (χ0v) is 17.5. The number of unbranched alkanes of at least 4 members (excludes halogenated alkanes) is 13. The van der Waals surface area contributed by atoms with Crippen molar-refractivity contribution in [1.29, 1.82) is 0 Å². The van der Waals surface area contributed by atoms with Crippen LogP contribution in [0.1, 0.15) is 96.8 Å². The Kier molecular flexibility index (Phi) is 15.4. The highest BCUT2D eigenvalue weighted by molar-refractivity contribution is 4.87. The first-order valence-electron chi connectivity index (χ1n) is 11.4. The molecule has 0 saturated carbocycles. The summed E-state index contributed by atoms with van der Waals surface area (Å²) in [5, 5.41) is 29.0. The van der Waals surface area contributed by atoms with Crippen molar-refractivity contribution >= 4 is 0 Å². The number of ether oxygens (including phenoxy) is 2. The standard InChI is InChI=1S/C22H44O5/c1-2-3-4-5-6-7-8-9-10-11-12-13-14-15-16-26-17-20(24)22-21(25)19(23)18-27-22/h19-25H,2-18H2,1H3/t19-,20+,21-,22-/m1/s1. The molecule has 162 valence electrons. The van der Waals surface area contributed by atoms with Gasteiger partial charge in [0.05, 0.1) is 13.2 Å². The van der Waals surface area contributed by atoms with Crippen LogP contribution in [-0.2, 0) is 9.47 Å². The minimum atomic E-state index is -1.02. The van der Waals surface area contributed by atoms with Crippen LogP contribution in [0.2, 0.25) is 0 Å². The van der Waals surface area contributed by atoms with Crippen LogP contribution in [-0.4, -0.2) is 59.6 Å². The van der Waals surface area contributed by atoms with E-state index < -0.39 is 24.4 Å². The summed E-state index contributed by atoms with van der Waals surface area (Å²) in [7, 11) is 0. The molecule has 5 nitrogen and oxygen atoms in total. The van der Waals surface area contributed by atoms with Crippen LogP contribution < -0.4 is 0 Å². The summed E-state index contributed by atoms with van der Waals surface area (Å²) in [6, 6.07) is 0. The first-order chi connectivity index (χ1) is 13.2. The molecular weight excluding hydrogens is 344 g/mol. The molecule has 1 aliphatic heterocycles. The van der Waals surface area contributed by atoms with Gasteiger partial charge >= 0.3 is 0 Å². The van der Waals surface area contributed by atoms with Crippen molar-refractivity contribution in [1.82, 2.24) is 0 Å². The molecule has 27 heavy (non-hydrogen) atoms. The van der Waals surface area contributed by atoms with Crippen LogP contribution in [0.15, 0.2) is 0 Å². The van der Waals surface area contributed by atoms with E-state index in [1.165, 1.54) is 77.0 Å². The topological polar surface area (TPSA) is 79.2 Å². The van der Waals surface area contributed by atoms with Gasteiger partial charge in [-0.2, -0.15) is 0 Å². The summed E-state index contributed by atoms with van der Waals surface area (Å²) in [5.41, 5.74) is 0. The van der Waals surface area contributed by atoms with Crippen LogP contribution in [0.3, 0.4) is 0 Å². The van der Waals surface area contributed by atoms with Gasteiger partial charge in [0.1, 0.15) is 24.4 Å². The molecule has 0 aliphatic carbocycles. The zero-order chi connectivity index (χ0) is 19.7. The molecule has 1 rings (SSSR count). The van der Waals surface area contributed by atoms with E-state index in [9.17, 15) is 15.3 Å². The van der Waals surface area contributed by atoms with Crippen LogP contribution in [0.4, 0.5) is 0 Å². The molecule has 0 aromatic carbocycles. The third-order valence-corrected chi connectivity index (χ3v) is 5.50. The van der Waals surface area contributed by atoms with E-state index in [4.69, 9.17) is 9.47 Å². The van der Waals surface area contributed by atoms with E-state index in [1.54, 1.807) is 0 Å². The van der Waals surface area contributed by atoms with Crippen LogP contribution in [0.5, 0.6) is 0 Å². The van der Waals surface area contributed by atoms with Crippen molar-refractivity contribution in [3.8, 4) is 0 Å². The molecule has 1 heterocycles. The number of aliphatic hydroxyl groups excluding tert-OH is 3. The predicted molar refractivity (Wildman–Crippen MR) is 109 cm³/mol. The number of rotatable bonds is 18. The van der Waals surface area contributed by atoms with Gasteiger partial charge in [0, 0.05) is 6.61 Å². The van der Waals surface area contributed by atoms with Gasteiger partial charge in [-0.05, 0) is 6.42 Å². The second-order valence-corrected chi connectivity index (χ2v) is 8.09. The average Bonchev–Trinajstić information content (AvgIpc) is 3.00. The van der Waals surface area contributed by atoms with Gasteiger partial charge in [-0.1, -0.05) is 90.4 Å². The fourth-order valence-electron chi connectivity index (χ4n) is 3.66. The van der Waals surface area contributed by atoms with Crippen molar-refractivity contribution in [2.24, 2.45) is 0 Å².